The largest absolute Gasteiger partial charge is 0.394 e. The SMILES string of the molecule is COC1[C@@H](Sc2cc(Br)ccc2C(=O)NCC(C)C)OC(CO)[C@H](O)[C@@H]1n1cc(-n2ccc(Cl)n2)nn1. The van der Waals surface area contributed by atoms with Crippen molar-refractivity contribution in [2.24, 2.45) is 5.92 Å². The van der Waals surface area contributed by atoms with E-state index in [0.29, 0.717) is 33.9 Å². The Bertz CT molecular complexity index is 1230. The zero-order valence-corrected chi connectivity index (χ0v) is 23.5. The summed E-state index contributed by atoms with van der Waals surface area (Å²) in [5.74, 6) is 0.483. The Hall–Kier alpha value is -2.00. The molecule has 3 aromatic rings. The lowest BCUT2D eigenvalue weighted by atomic mass is 9.97. The first-order chi connectivity index (χ1) is 17.7. The third-order valence-corrected chi connectivity index (χ3v) is 7.69. The predicted octanol–water partition coefficient (Wildman–Crippen LogP) is 2.69. The lowest BCUT2D eigenvalue weighted by Crippen LogP contribution is -2.55. The first kappa shape index (κ1) is 28.0. The number of aromatic nitrogens is 5. The van der Waals surface area contributed by atoms with E-state index < -0.39 is 36.4 Å². The highest BCUT2D eigenvalue weighted by Crippen LogP contribution is 2.41. The maximum atomic E-state index is 12.9. The molecule has 1 aromatic carbocycles. The van der Waals surface area contributed by atoms with Crippen molar-refractivity contribution in [2.75, 3.05) is 20.3 Å². The molecule has 1 fully saturated rings. The Morgan fingerprint density at radius 2 is 2.16 bits per heavy atom. The molecule has 14 heteroatoms. The maximum absolute atomic E-state index is 12.9. The van der Waals surface area contributed by atoms with Crippen LogP contribution in [0.25, 0.3) is 5.82 Å². The number of hydrogen-bond acceptors (Lipinski definition) is 9. The van der Waals surface area contributed by atoms with Gasteiger partial charge in [0.2, 0.25) is 0 Å². The molecule has 0 aliphatic carbocycles. The van der Waals surface area contributed by atoms with E-state index >= 15 is 0 Å². The van der Waals surface area contributed by atoms with E-state index in [1.807, 2.05) is 19.9 Å². The third-order valence-electron chi connectivity index (χ3n) is 5.79. The Labute approximate surface area is 231 Å². The van der Waals surface area contributed by atoms with E-state index in [-0.39, 0.29) is 5.91 Å². The minimum Gasteiger partial charge on any atom is -0.394 e. The zero-order chi connectivity index (χ0) is 26.7. The molecule has 1 aliphatic rings. The molecule has 0 spiro atoms. The topological polar surface area (TPSA) is 137 Å². The summed E-state index contributed by atoms with van der Waals surface area (Å²) in [5.41, 5.74) is -0.220. The first-order valence-corrected chi connectivity index (χ1v) is 13.6. The van der Waals surface area contributed by atoms with E-state index in [1.54, 1.807) is 30.6 Å². The van der Waals surface area contributed by atoms with E-state index in [4.69, 9.17) is 21.1 Å². The van der Waals surface area contributed by atoms with Gasteiger partial charge in [-0.2, -0.15) is 5.10 Å². The number of benzene rings is 1. The molecule has 1 saturated heterocycles. The molecular formula is C23H28BrClN6O5S. The summed E-state index contributed by atoms with van der Waals surface area (Å²) in [6.07, 6.45) is 0.447. The Morgan fingerprint density at radius 3 is 2.81 bits per heavy atom. The van der Waals surface area contributed by atoms with Gasteiger partial charge >= 0.3 is 0 Å². The number of aliphatic hydroxyl groups excluding tert-OH is 2. The highest BCUT2D eigenvalue weighted by Gasteiger charge is 2.47. The van der Waals surface area contributed by atoms with Crippen LogP contribution in [-0.4, -0.2) is 84.9 Å². The Kier molecular flexibility index (Phi) is 9.27. The number of carbonyl (C=O) groups excluding carboxylic acids is 1. The molecule has 0 bridgehead atoms. The van der Waals surface area contributed by atoms with Crippen molar-refractivity contribution in [2.45, 2.75) is 48.5 Å². The van der Waals surface area contributed by atoms with Crippen LogP contribution in [0, 0.1) is 5.92 Å². The highest BCUT2D eigenvalue weighted by molar-refractivity contribution is 9.10. The van der Waals surface area contributed by atoms with Crippen molar-refractivity contribution < 1.29 is 24.5 Å². The van der Waals surface area contributed by atoms with Gasteiger partial charge in [0.15, 0.2) is 11.0 Å². The minimum atomic E-state index is -1.15. The van der Waals surface area contributed by atoms with Crippen LogP contribution in [0.3, 0.4) is 0 Å². The van der Waals surface area contributed by atoms with E-state index in [9.17, 15) is 15.0 Å². The third kappa shape index (κ3) is 6.36. The van der Waals surface area contributed by atoms with Crippen molar-refractivity contribution >= 4 is 45.2 Å². The average Bonchev–Trinajstić information content (AvgIpc) is 3.52. The van der Waals surface area contributed by atoms with Crippen LogP contribution in [0.5, 0.6) is 0 Å². The second kappa shape index (κ2) is 12.2. The van der Waals surface area contributed by atoms with Gasteiger partial charge in [0.25, 0.3) is 5.91 Å². The number of thioether (sulfide) groups is 1. The van der Waals surface area contributed by atoms with E-state index in [1.165, 1.54) is 28.2 Å². The number of nitrogens with zero attached hydrogens (tertiary/aromatic N) is 5. The second-order valence-corrected chi connectivity index (χ2v) is 11.4. The van der Waals surface area contributed by atoms with Crippen LogP contribution >= 0.6 is 39.3 Å². The molecule has 0 radical (unpaired) electrons. The molecule has 11 nitrogen and oxygen atoms in total. The second-order valence-electron chi connectivity index (χ2n) is 8.91. The van der Waals surface area contributed by atoms with Crippen LogP contribution in [0.15, 0.2) is 46.0 Å². The number of methoxy groups -OCH3 is 1. The molecule has 1 aliphatic heterocycles. The number of ether oxygens (including phenoxy) is 2. The molecule has 200 valence electrons. The van der Waals surface area contributed by atoms with Crippen molar-refractivity contribution in [1.29, 1.82) is 0 Å². The van der Waals surface area contributed by atoms with Crippen molar-refractivity contribution in [1.82, 2.24) is 30.1 Å². The lowest BCUT2D eigenvalue weighted by molar-refractivity contribution is -0.186. The molecular weight excluding hydrogens is 588 g/mol. The van der Waals surface area contributed by atoms with E-state index in [0.717, 1.165) is 4.47 Å². The minimum absolute atomic E-state index is 0.206. The van der Waals surface area contributed by atoms with Crippen molar-refractivity contribution in [3.63, 3.8) is 0 Å². The average molecular weight is 616 g/mol. The van der Waals surface area contributed by atoms with Gasteiger partial charge in [0, 0.05) is 29.2 Å². The summed E-state index contributed by atoms with van der Waals surface area (Å²) in [4.78, 5) is 13.6. The van der Waals surface area contributed by atoms with Gasteiger partial charge in [0.1, 0.15) is 29.8 Å². The van der Waals surface area contributed by atoms with Crippen LogP contribution in [0.2, 0.25) is 5.15 Å². The molecule has 2 unspecified atom stereocenters. The summed E-state index contributed by atoms with van der Waals surface area (Å²) >= 11 is 10.7. The Balaban J connectivity index is 1.65. The van der Waals surface area contributed by atoms with Crippen LogP contribution in [0.4, 0.5) is 0 Å². The zero-order valence-electron chi connectivity index (χ0n) is 20.4. The van der Waals surface area contributed by atoms with Gasteiger partial charge in [-0.15, -0.1) is 5.10 Å². The molecule has 3 N–H and O–H groups in total. The molecule has 2 aromatic heterocycles. The van der Waals surface area contributed by atoms with Crippen LogP contribution < -0.4 is 5.32 Å². The highest BCUT2D eigenvalue weighted by atomic mass is 79.9. The van der Waals surface area contributed by atoms with Gasteiger partial charge in [-0.25, -0.2) is 9.36 Å². The summed E-state index contributed by atoms with van der Waals surface area (Å²) in [6.45, 7) is 4.15. The first-order valence-electron chi connectivity index (χ1n) is 11.6. The molecule has 5 atom stereocenters. The number of halogens is 2. The number of rotatable bonds is 9. The predicted molar refractivity (Wildman–Crippen MR) is 141 cm³/mol. The number of nitrogens with one attached hydrogen (secondary N) is 1. The maximum Gasteiger partial charge on any atom is 0.252 e. The van der Waals surface area contributed by atoms with E-state index in [2.05, 4.69) is 36.7 Å². The van der Waals surface area contributed by atoms with Crippen molar-refractivity contribution in [3.05, 3.63) is 51.8 Å². The molecule has 3 heterocycles. The van der Waals surface area contributed by atoms with Crippen LogP contribution in [0.1, 0.15) is 30.2 Å². The summed E-state index contributed by atoms with van der Waals surface area (Å²) in [6, 6.07) is 6.22. The fourth-order valence-corrected chi connectivity index (χ4v) is 5.94. The summed E-state index contributed by atoms with van der Waals surface area (Å²) in [5, 5.41) is 36.8. The van der Waals surface area contributed by atoms with Gasteiger partial charge < -0.3 is 25.0 Å². The van der Waals surface area contributed by atoms with Gasteiger partial charge in [-0.3, -0.25) is 4.79 Å². The number of hydrogen-bond donors (Lipinski definition) is 3. The number of aliphatic hydroxyl groups is 2. The molecule has 1 amide bonds. The lowest BCUT2D eigenvalue weighted by Gasteiger charge is -2.43. The normalized spacial score (nSPS) is 23.9. The monoisotopic (exact) mass is 614 g/mol. The van der Waals surface area contributed by atoms with Gasteiger partial charge in [0.05, 0.1) is 18.4 Å². The molecule has 0 saturated carbocycles. The fraction of sp³-hybridized carbons (Fsp3) is 0.478. The number of carbonyl (C=O) groups is 1. The quantitative estimate of drug-likeness (QED) is 0.332. The van der Waals surface area contributed by atoms with Crippen LogP contribution in [-0.2, 0) is 9.47 Å². The fourth-order valence-electron chi connectivity index (χ4n) is 3.95. The summed E-state index contributed by atoms with van der Waals surface area (Å²) < 4.78 is 15.6. The smallest absolute Gasteiger partial charge is 0.252 e. The molecule has 4 rings (SSSR count). The molecule has 37 heavy (non-hydrogen) atoms. The van der Waals surface area contributed by atoms with Gasteiger partial charge in [-0.05, 0) is 30.2 Å². The van der Waals surface area contributed by atoms with Gasteiger partial charge in [-0.1, -0.05) is 58.4 Å². The Morgan fingerprint density at radius 1 is 1.38 bits per heavy atom. The standard InChI is InChI=1S/C23H28BrClN6O5S/c1-12(2)9-26-22(34)14-5-4-13(24)8-16(14)37-23-21(35-3)19(20(33)15(11-32)36-23)31-10-18(27-29-31)30-7-6-17(25)28-30/h4-8,10,12,15,19-21,23,32-33H,9,11H2,1-3H3,(H,26,34)/t15?,19-,20-,21?,23+/m0/s1. The number of amides is 1. The summed E-state index contributed by atoms with van der Waals surface area (Å²) in [7, 11) is 1.50. The van der Waals surface area contributed by atoms with Crippen molar-refractivity contribution in [3.8, 4) is 5.82 Å².